The summed E-state index contributed by atoms with van der Waals surface area (Å²) in [6, 6.07) is 7.02. The minimum absolute atomic E-state index is 0.00281. The Hall–Kier alpha value is -2.19. The number of halogens is 1. The fourth-order valence-corrected chi connectivity index (χ4v) is 3.56. The van der Waals surface area contributed by atoms with E-state index >= 15 is 0 Å². The minimum Gasteiger partial charge on any atom is -0.486 e. The number of hydrogen-bond donors (Lipinski definition) is 1. The molecule has 1 unspecified atom stereocenters. The first-order chi connectivity index (χ1) is 12.7. The summed E-state index contributed by atoms with van der Waals surface area (Å²) < 4.78 is 5.62. The largest absolute Gasteiger partial charge is 0.486 e. The topological polar surface area (TPSA) is 84.4 Å². The van der Waals surface area contributed by atoms with Gasteiger partial charge in [0.1, 0.15) is 12.4 Å². The Bertz CT molecular complexity index is 832. The third-order valence-electron chi connectivity index (χ3n) is 4.18. The summed E-state index contributed by atoms with van der Waals surface area (Å²) in [4.78, 5) is 26.3. The van der Waals surface area contributed by atoms with Crippen LogP contribution in [0.5, 0.6) is 5.75 Å². The van der Waals surface area contributed by atoms with Crippen LogP contribution in [0.15, 0.2) is 24.3 Å². The van der Waals surface area contributed by atoms with Crippen LogP contribution in [0.3, 0.4) is 0 Å². The van der Waals surface area contributed by atoms with Crippen molar-refractivity contribution in [3.63, 3.8) is 0 Å². The quantitative estimate of drug-likeness (QED) is 0.820. The lowest BCUT2D eigenvalue weighted by Crippen LogP contribution is -2.42. The maximum atomic E-state index is 12.5. The lowest BCUT2D eigenvalue weighted by molar-refractivity contribution is -0.131. The van der Waals surface area contributed by atoms with Gasteiger partial charge in [-0.3, -0.25) is 9.59 Å². The summed E-state index contributed by atoms with van der Waals surface area (Å²) in [6.45, 7) is 6.54. The molecule has 3 rings (SSSR count). The van der Waals surface area contributed by atoms with Crippen molar-refractivity contribution >= 4 is 39.9 Å². The molecule has 2 amide bonds. The SMILES string of the molecule is CC(C)(C)N1CC(C(=O)Nc2nnc(COc3ccc(Cl)cc3)s2)CC1=O. The monoisotopic (exact) mass is 408 g/mol. The van der Waals surface area contributed by atoms with Gasteiger partial charge in [-0.15, -0.1) is 10.2 Å². The van der Waals surface area contributed by atoms with Gasteiger partial charge in [-0.05, 0) is 45.0 Å². The molecule has 0 saturated carbocycles. The number of nitrogens with one attached hydrogen (secondary N) is 1. The number of hydrogen-bond acceptors (Lipinski definition) is 6. The van der Waals surface area contributed by atoms with Crippen molar-refractivity contribution in [2.24, 2.45) is 5.92 Å². The molecule has 0 aliphatic carbocycles. The molecule has 7 nitrogen and oxygen atoms in total. The number of carbonyl (C=O) groups is 2. The first-order valence-electron chi connectivity index (χ1n) is 8.54. The third kappa shape index (κ3) is 4.95. The van der Waals surface area contributed by atoms with E-state index in [0.717, 1.165) is 0 Å². The summed E-state index contributed by atoms with van der Waals surface area (Å²) in [5, 5.41) is 12.4. The number of anilines is 1. The molecule has 1 fully saturated rings. The van der Waals surface area contributed by atoms with E-state index in [-0.39, 0.29) is 36.3 Å². The van der Waals surface area contributed by atoms with Gasteiger partial charge in [-0.1, -0.05) is 22.9 Å². The minimum atomic E-state index is -0.380. The summed E-state index contributed by atoms with van der Waals surface area (Å²) in [7, 11) is 0. The molecule has 0 bridgehead atoms. The van der Waals surface area contributed by atoms with Crippen LogP contribution in [-0.2, 0) is 16.2 Å². The maximum absolute atomic E-state index is 12.5. The van der Waals surface area contributed by atoms with Gasteiger partial charge in [0.15, 0.2) is 5.01 Å². The molecule has 2 aromatic rings. The van der Waals surface area contributed by atoms with Crippen molar-refractivity contribution < 1.29 is 14.3 Å². The molecule has 0 spiro atoms. The highest BCUT2D eigenvalue weighted by Gasteiger charge is 2.39. The summed E-state index contributed by atoms with van der Waals surface area (Å²) in [5.41, 5.74) is -0.291. The number of amides is 2. The number of carbonyl (C=O) groups excluding carboxylic acids is 2. The number of benzene rings is 1. The molecule has 1 aliphatic rings. The third-order valence-corrected chi connectivity index (χ3v) is 5.24. The van der Waals surface area contributed by atoms with Crippen LogP contribution in [0.2, 0.25) is 5.02 Å². The normalized spacial score (nSPS) is 17.3. The van der Waals surface area contributed by atoms with Gasteiger partial charge in [0.2, 0.25) is 16.9 Å². The van der Waals surface area contributed by atoms with Crippen molar-refractivity contribution in [1.29, 1.82) is 0 Å². The van der Waals surface area contributed by atoms with Gasteiger partial charge < -0.3 is 15.0 Å². The Balaban J connectivity index is 1.54. The standard InChI is InChI=1S/C18H21ClN4O3S/c1-18(2,3)23-9-11(8-15(23)24)16(25)20-17-22-21-14(27-17)10-26-13-6-4-12(19)5-7-13/h4-7,11H,8-10H2,1-3H3,(H,20,22,25). The van der Waals surface area contributed by atoms with Crippen molar-refractivity contribution in [2.75, 3.05) is 11.9 Å². The van der Waals surface area contributed by atoms with Crippen LogP contribution in [0.25, 0.3) is 0 Å². The molecule has 27 heavy (non-hydrogen) atoms. The van der Waals surface area contributed by atoms with E-state index in [2.05, 4.69) is 15.5 Å². The lowest BCUT2D eigenvalue weighted by atomic mass is 10.1. The first kappa shape index (κ1) is 19.6. The van der Waals surface area contributed by atoms with E-state index in [9.17, 15) is 9.59 Å². The zero-order valence-corrected chi connectivity index (χ0v) is 16.9. The number of aromatic nitrogens is 2. The molecule has 1 saturated heterocycles. The van der Waals surface area contributed by atoms with Crippen LogP contribution >= 0.6 is 22.9 Å². The molecule has 1 atom stereocenters. The van der Waals surface area contributed by atoms with Crippen LogP contribution < -0.4 is 10.1 Å². The molecule has 1 aliphatic heterocycles. The van der Waals surface area contributed by atoms with E-state index in [1.54, 1.807) is 29.2 Å². The maximum Gasteiger partial charge on any atom is 0.231 e. The Morgan fingerprint density at radius 2 is 2.04 bits per heavy atom. The highest BCUT2D eigenvalue weighted by atomic mass is 35.5. The number of likely N-dealkylation sites (tertiary alicyclic amines) is 1. The van der Waals surface area contributed by atoms with Gasteiger partial charge in [0, 0.05) is 23.5 Å². The zero-order valence-electron chi connectivity index (χ0n) is 15.4. The lowest BCUT2D eigenvalue weighted by Gasteiger charge is -2.31. The zero-order chi connectivity index (χ0) is 19.6. The summed E-state index contributed by atoms with van der Waals surface area (Å²) in [6.07, 6.45) is 0.217. The van der Waals surface area contributed by atoms with E-state index in [1.807, 2.05) is 20.8 Å². The molecule has 1 aromatic heterocycles. The fraction of sp³-hybridized carbons (Fsp3) is 0.444. The van der Waals surface area contributed by atoms with E-state index in [0.29, 0.717) is 27.5 Å². The number of rotatable bonds is 5. The Labute approximate surface area is 166 Å². The molecule has 1 aromatic carbocycles. The van der Waals surface area contributed by atoms with Gasteiger partial charge in [0.05, 0.1) is 5.92 Å². The molecule has 1 N–H and O–H groups in total. The smallest absolute Gasteiger partial charge is 0.231 e. The second-order valence-corrected chi connectivity index (χ2v) is 8.81. The Morgan fingerprint density at radius 3 is 2.67 bits per heavy atom. The van der Waals surface area contributed by atoms with Crippen LogP contribution in [0.4, 0.5) is 5.13 Å². The Kier molecular flexibility index (Phi) is 5.67. The summed E-state index contributed by atoms with van der Waals surface area (Å²) >= 11 is 7.08. The molecule has 144 valence electrons. The first-order valence-corrected chi connectivity index (χ1v) is 9.74. The second-order valence-electron chi connectivity index (χ2n) is 7.31. The van der Waals surface area contributed by atoms with E-state index in [1.165, 1.54) is 11.3 Å². The van der Waals surface area contributed by atoms with Crippen LogP contribution in [0.1, 0.15) is 32.2 Å². The predicted octanol–water partition coefficient (Wildman–Crippen LogP) is 3.36. The second kappa shape index (κ2) is 7.82. The molecular formula is C18H21ClN4O3S. The van der Waals surface area contributed by atoms with E-state index in [4.69, 9.17) is 16.3 Å². The predicted molar refractivity (Wildman–Crippen MR) is 104 cm³/mol. The molecule has 0 radical (unpaired) electrons. The fourth-order valence-electron chi connectivity index (χ4n) is 2.78. The van der Waals surface area contributed by atoms with Gasteiger partial charge in [0.25, 0.3) is 0 Å². The van der Waals surface area contributed by atoms with E-state index < -0.39 is 0 Å². The highest BCUT2D eigenvalue weighted by molar-refractivity contribution is 7.15. The van der Waals surface area contributed by atoms with Gasteiger partial charge >= 0.3 is 0 Å². The number of nitrogens with zero attached hydrogens (tertiary/aromatic N) is 3. The van der Waals surface area contributed by atoms with Crippen LogP contribution in [0, 0.1) is 5.92 Å². The van der Waals surface area contributed by atoms with Crippen molar-refractivity contribution in [3.05, 3.63) is 34.3 Å². The molecule has 9 heteroatoms. The Morgan fingerprint density at radius 1 is 1.33 bits per heavy atom. The molecular weight excluding hydrogens is 388 g/mol. The molecule has 2 heterocycles. The van der Waals surface area contributed by atoms with Crippen molar-refractivity contribution in [1.82, 2.24) is 15.1 Å². The average molecular weight is 409 g/mol. The van der Waals surface area contributed by atoms with Gasteiger partial charge in [-0.25, -0.2) is 0 Å². The summed E-state index contributed by atoms with van der Waals surface area (Å²) in [5.74, 6) is 0.0784. The van der Waals surface area contributed by atoms with Crippen LogP contribution in [-0.4, -0.2) is 39.0 Å². The highest BCUT2D eigenvalue weighted by Crippen LogP contribution is 2.27. The van der Waals surface area contributed by atoms with Gasteiger partial charge in [-0.2, -0.15) is 0 Å². The van der Waals surface area contributed by atoms with Crippen molar-refractivity contribution in [3.8, 4) is 5.75 Å². The average Bonchev–Trinajstić information content (AvgIpc) is 3.20. The van der Waals surface area contributed by atoms with Crippen molar-refractivity contribution in [2.45, 2.75) is 39.3 Å². The number of ether oxygens (including phenoxy) is 1.